The maximum Gasteiger partial charge on any atom is 0.291 e. The van der Waals surface area contributed by atoms with Crippen LogP contribution in [-0.4, -0.2) is 16.1 Å². The van der Waals surface area contributed by atoms with Gasteiger partial charge in [-0.05, 0) is 42.8 Å². The highest BCUT2D eigenvalue weighted by molar-refractivity contribution is 9.10. The number of anilines is 1. The highest BCUT2D eigenvalue weighted by atomic mass is 79.9. The first kappa shape index (κ1) is 17.5. The molecule has 0 radical (unpaired) electrons. The van der Waals surface area contributed by atoms with Gasteiger partial charge in [0.05, 0.1) is 6.42 Å². The number of rotatable bonds is 4. The van der Waals surface area contributed by atoms with Gasteiger partial charge in [0.25, 0.3) is 5.91 Å². The molecular weight excluding hydrogens is 410 g/mol. The number of hydrogen-bond donors (Lipinski definition) is 1. The normalized spacial score (nSPS) is 11.1. The minimum atomic E-state index is -0.278. The lowest BCUT2D eigenvalue weighted by Crippen LogP contribution is -2.12. The second-order valence-corrected chi connectivity index (χ2v) is 7.15. The molecule has 0 saturated carbocycles. The van der Waals surface area contributed by atoms with Crippen LogP contribution in [0.3, 0.4) is 0 Å². The van der Waals surface area contributed by atoms with Crippen molar-refractivity contribution < 1.29 is 13.6 Å². The van der Waals surface area contributed by atoms with Crippen LogP contribution in [0.5, 0.6) is 0 Å². The van der Waals surface area contributed by atoms with Gasteiger partial charge in [0.15, 0.2) is 5.76 Å². The van der Waals surface area contributed by atoms with Gasteiger partial charge in [-0.15, -0.1) is 10.2 Å². The number of carbonyl (C=O) groups excluding carboxylic acids is 1. The van der Waals surface area contributed by atoms with E-state index in [1.165, 1.54) is 0 Å². The molecule has 0 atom stereocenters. The van der Waals surface area contributed by atoms with Crippen molar-refractivity contribution in [1.29, 1.82) is 0 Å². The molecule has 136 valence electrons. The van der Waals surface area contributed by atoms with E-state index in [1.54, 1.807) is 6.92 Å². The third-order valence-corrected chi connectivity index (χ3v) is 4.73. The van der Waals surface area contributed by atoms with E-state index < -0.39 is 0 Å². The Kier molecular flexibility index (Phi) is 4.53. The lowest BCUT2D eigenvalue weighted by atomic mass is 10.1. The molecule has 0 aliphatic carbocycles. The molecule has 0 aliphatic rings. The molecule has 4 rings (SSSR count). The fourth-order valence-corrected chi connectivity index (χ4v) is 3.25. The molecule has 0 unspecified atom stereocenters. The smallest absolute Gasteiger partial charge is 0.291 e. The summed E-state index contributed by atoms with van der Waals surface area (Å²) in [5, 5.41) is 11.6. The number of benzene rings is 2. The molecule has 4 aromatic rings. The van der Waals surface area contributed by atoms with Gasteiger partial charge in [0, 0.05) is 28.0 Å². The summed E-state index contributed by atoms with van der Waals surface area (Å²) < 4.78 is 12.1. The van der Waals surface area contributed by atoms with E-state index >= 15 is 0 Å². The van der Waals surface area contributed by atoms with Crippen molar-refractivity contribution in [3.05, 3.63) is 75.6 Å². The summed E-state index contributed by atoms with van der Waals surface area (Å²) in [4.78, 5) is 12.6. The molecule has 1 N–H and O–H groups in total. The molecule has 27 heavy (non-hydrogen) atoms. The van der Waals surface area contributed by atoms with Crippen LogP contribution in [0.25, 0.3) is 11.0 Å². The summed E-state index contributed by atoms with van der Waals surface area (Å²) in [5.74, 6) is 1.14. The zero-order valence-electron chi connectivity index (χ0n) is 14.7. The van der Waals surface area contributed by atoms with Gasteiger partial charge in [0.1, 0.15) is 5.58 Å². The largest absolute Gasteiger partial charge is 0.451 e. The molecule has 7 heteroatoms. The van der Waals surface area contributed by atoms with E-state index in [0.29, 0.717) is 35.2 Å². The zero-order valence-corrected chi connectivity index (χ0v) is 16.3. The van der Waals surface area contributed by atoms with E-state index in [2.05, 4.69) is 31.4 Å². The predicted molar refractivity (Wildman–Crippen MR) is 105 cm³/mol. The molecule has 2 heterocycles. The second kappa shape index (κ2) is 7.00. The number of aryl methyl sites for hydroxylation is 2. The number of carbonyl (C=O) groups is 1. The minimum Gasteiger partial charge on any atom is -0.451 e. The van der Waals surface area contributed by atoms with Crippen LogP contribution in [0, 0.1) is 13.8 Å². The summed E-state index contributed by atoms with van der Waals surface area (Å²) in [6.07, 6.45) is 0.548. The number of furan rings is 1. The van der Waals surface area contributed by atoms with E-state index in [4.69, 9.17) is 8.83 Å². The molecule has 0 bridgehead atoms. The first-order valence-electron chi connectivity index (χ1n) is 8.37. The Balaban J connectivity index is 1.50. The zero-order chi connectivity index (χ0) is 19.0. The lowest BCUT2D eigenvalue weighted by molar-refractivity contribution is 0.0998. The lowest BCUT2D eigenvalue weighted by Gasteiger charge is -2.05. The maximum atomic E-state index is 12.6. The number of nitrogens with zero attached hydrogens (tertiary/aromatic N) is 2. The van der Waals surface area contributed by atoms with Gasteiger partial charge in [-0.2, -0.15) is 0 Å². The van der Waals surface area contributed by atoms with Crippen LogP contribution < -0.4 is 5.32 Å². The SMILES string of the molecule is Cc1nnc(Cc2ccc(NC(=O)c3oc4ccc(Br)cc4c3C)cc2)o1. The Morgan fingerprint density at radius 2 is 1.85 bits per heavy atom. The average Bonchev–Trinajstić information content (AvgIpc) is 3.20. The average molecular weight is 426 g/mol. The maximum absolute atomic E-state index is 12.6. The van der Waals surface area contributed by atoms with E-state index in [0.717, 1.165) is 21.0 Å². The van der Waals surface area contributed by atoms with Gasteiger partial charge in [0.2, 0.25) is 11.8 Å². The fraction of sp³-hybridized carbons (Fsp3) is 0.150. The topological polar surface area (TPSA) is 81.2 Å². The molecule has 2 aromatic carbocycles. The second-order valence-electron chi connectivity index (χ2n) is 6.24. The first-order valence-corrected chi connectivity index (χ1v) is 9.17. The number of aromatic nitrogens is 2. The van der Waals surface area contributed by atoms with Crippen molar-refractivity contribution in [2.75, 3.05) is 5.32 Å². The van der Waals surface area contributed by atoms with Gasteiger partial charge < -0.3 is 14.2 Å². The standard InChI is InChI=1S/C20H16BrN3O3/c1-11-16-10-14(21)5-8-17(16)27-19(11)20(25)22-15-6-3-13(4-7-15)9-18-24-23-12(2)26-18/h3-8,10H,9H2,1-2H3,(H,22,25). The summed E-state index contributed by atoms with van der Waals surface area (Å²) >= 11 is 3.44. The van der Waals surface area contributed by atoms with E-state index in [1.807, 2.05) is 49.4 Å². The van der Waals surface area contributed by atoms with Crippen LogP contribution in [0.15, 0.2) is 55.8 Å². The van der Waals surface area contributed by atoms with E-state index in [9.17, 15) is 4.79 Å². The van der Waals surface area contributed by atoms with Crippen LogP contribution >= 0.6 is 15.9 Å². The predicted octanol–water partition coefficient (Wildman–Crippen LogP) is 5.04. The Bertz CT molecular complexity index is 1130. The summed E-state index contributed by atoms with van der Waals surface area (Å²) in [5.41, 5.74) is 3.20. The van der Waals surface area contributed by atoms with Crippen molar-refractivity contribution in [2.45, 2.75) is 20.3 Å². The minimum absolute atomic E-state index is 0.278. The molecule has 6 nitrogen and oxygen atoms in total. The third-order valence-electron chi connectivity index (χ3n) is 4.24. The number of amides is 1. The van der Waals surface area contributed by atoms with Gasteiger partial charge in [-0.25, -0.2) is 0 Å². The molecule has 0 aliphatic heterocycles. The van der Waals surface area contributed by atoms with Crippen molar-refractivity contribution in [1.82, 2.24) is 10.2 Å². The van der Waals surface area contributed by atoms with E-state index in [-0.39, 0.29) is 5.91 Å². The van der Waals surface area contributed by atoms with Crippen LogP contribution in [0.1, 0.15) is 33.5 Å². The number of nitrogens with one attached hydrogen (secondary N) is 1. The van der Waals surface area contributed by atoms with Gasteiger partial charge >= 0.3 is 0 Å². The van der Waals surface area contributed by atoms with Crippen LogP contribution in [0.4, 0.5) is 5.69 Å². The summed E-state index contributed by atoms with van der Waals surface area (Å²) in [6.45, 7) is 3.64. The molecule has 0 saturated heterocycles. The summed E-state index contributed by atoms with van der Waals surface area (Å²) in [6, 6.07) is 13.2. The Morgan fingerprint density at radius 1 is 1.07 bits per heavy atom. The molecule has 2 aromatic heterocycles. The van der Waals surface area contributed by atoms with Gasteiger partial charge in [-0.1, -0.05) is 28.1 Å². The third kappa shape index (κ3) is 3.64. The van der Waals surface area contributed by atoms with Crippen molar-refractivity contribution in [3.63, 3.8) is 0 Å². The number of hydrogen-bond acceptors (Lipinski definition) is 5. The van der Waals surface area contributed by atoms with Crippen LogP contribution in [0.2, 0.25) is 0 Å². The van der Waals surface area contributed by atoms with Crippen LogP contribution in [-0.2, 0) is 6.42 Å². The quantitative estimate of drug-likeness (QED) is 0.495. The Morgan fingerprint density at radius 3 is 2.56 bits per heavy atom. The number of fused-ring (bicyclic) bond motifs is 1. The molecule has 1 amide bonds. The van der Waals surface area contributed by atoms with Gasteiger partial charge in [-0.3, -0.25) is 4.79 Å². The summed E-state index contributed by atoms with van der Waals surface area (Å²) in [7, 11) is 0. The monoisotopic (exact) mass is 425 g/mol. The highest BCUT2D eigenvalue weighted by Crippen LogP contribution is 2.28. The van der Waals surface area contributed by atoms with Crippen molar-refractivity contribution in [2.24, 2.45) is 0 Å². The fourth-order valence-electron chi connectivity index (χ4n) is 2.89. The highest BCUT2D eigenvalue weighted by Gasteiger charge is 2.18. The first-order chi connectivity index (χ1) is 13.0. The Hall–Kier alpha value is -2.93. The molecular formula is C20H16BrN3O3. The molecule has 0 spiro atoms. The Labute approximate surface area is 163 Å². The van der Waals surface area contributed by atoms with Crippen molar-refractivity contribution >= 4 is 38.5 Å². The number of halogens is 1. The van der Waals surface area contributed by atoms with Crippen molar-refractivity contribution in [3.8, 4) is 0 Å². The molecule has 0 fully saturated rings.